The minimum Gasteiger partial charge on any atom is -0.358 e. The average Bonchev–Trinajstić information content (AvgIpc) is 2.96. The van der Waals surface area contributed by atoms with Crippen LogP contribution in [0.4, 0.5) is 0 Å². The van der Waals surface area contributed by atoms with Crippen LogP contribution in [0.15, 0.2) is 20.3 Å². The van der Waals surface area contributed by atoms with Gasteiger partial charge in [0.1, 0.15) is 5.84 Å². The van der Waals surface area contributed by atoms with E-state index < -0.39 is 32.9 Å². The third-order valence-corrected chi connectivity index (χ3v) is 4.63. The average molecular weight is 413 g/mol. The van der Waals surface area contributed by atoms with Gasteiger partial charge in [-0.1, -0.05) is 6.92 Å². The van der Waals surface area contributed by atoms with Crippen LogP contribution in [0.3, 0.4) is 0 Å². The van der Waals surface area contributed by atoms with Crippen LogP contribution >= 0.6 is 23.1 Å². The number of amidine groups is 1. The molecule has 12 heteroatoms. The fourth-order valence-corrected chi connectivity index (χ4v) is 3.49. The summed E-state index contributed by atoms with van der Waals surface area (Å²) in [5, 5.41) is 3.87. The number of guanidine groups is 1. The number of nitrogens with one attached hydrogen (secondary N) is 3. The van der Waals surface area contributed by atoms with Gasteiger partial charge in [0.05, 0.1) is 1.37 Å². The van der Waals surface area contributed by atoms with E-state index in [2.05, 4.69) is 25.3 Å². The first-order valence-electron chi connectivity index (χ1n) is 9.38. The van der Waals surface area contributed by atoms with Crippen LogP contribution < -0.4 is 20.0 Å². The molecule has 0 spiro atoms. The first-order valence-corrected chi connectivity index (χ1v) is 10.1. The lowest BCUT2D eigenvalue weighted by Crippen LogP contribution is -2.37. The fraction of sp³-hybridized carbons (Fsp3) is 0.615. The SMILES string of the molecule is [2H]c1s/c(=N\C(=NC)NC)[nH]c1C([2H])(C)SC([2H])(C)C([2H])([2H])C(=NC)NS(N)(=O)=O. The van der Waals surface area contributed by atoms with E-state index in [9.17, 15) is 8.42 Å². The molecule has 1 rings (SSSR count). The van der Waals surface area contributed by atoms with Gasteiger partial charge in [0.25, 0.3) is 10.2 Å². The lowest BCUT2D eigenvalue weighted by molar-refractivity contribution is 0.593. The van der Waals surface area contributed by atoms with Crippen molar-refractivity contribution >= 4 is 45.1 Å². The van der Waals surface area contributed by atoms with Crippen molar-refractivity contribution < 1.29 is 15.3 Å². The van der Waals surface area contributed by atoms with E-state index in [0.29, 0.717) is 22.5 Å². The summed E-state index contributed by atoms with van der Waals surface area (Å²) in [6.07, 6.45) is -2.64. The molecule has 1 heterocycles. The molecule has 5 N–H and O–H groups in total. The number of aliphatic imine (C=N–C) groups is 2. The van der Waals surface area contributed by atoms with Crippen LogP contribution in [0.5, 0.6) is 0 Å². The van der Waals surface area contributed by atoms with E-state index in [0.717, 1.165) is 18.4 Å². The predicted octanol–water partition coefficient (Wildman–Crippen LogP) is 0.576. The highest BCUT2D eigenvalue weighted by atomic mass is 32.2. The number of thioether (sulfide) groups is 1. The van der Waals surface area contributed by atoms with Crippen molar-refractivity contribution in [1.29, 1.82) is 0 Å². The number of H-pyrrole nitrogens is 1. The zero-order chi connectivity index (χ0) is 23.5. The minimum atomic E-state index is -4.32. The van der Waals surface area contributed by atoms with Crippen molar-refractivity contribution in [3.05, 3.63) is 15.9 Å². The van der Waals surface area contributed by atoms with Crippen LogP contribution in [0.1, 0.15) is 38.0 Å². The number of hydrogen-bond donors (Lipinski definition) is 4. The van der Waals surface area contributed by atoms with Gasteiger partial charge in [-0.3, -0.25) is 14.7 Å². The van der Waals surface area contributed by atoms with Crippen LogP contribution in [0.25, 0.3) is 0 Å². The van der Waals surface area contributed by atoms with Crippen molar-refractivity contribution in [2.45, 2.75) is 30.7 Å². The van der Waals surface area contributed by atoms with E-state index in [1.165, 1.54) is 20.9 Å². The maximum atomic E-state index is 11.3. The Bertz CT molecular complexity index is 999. The monoisotopic (exact) mass is 412 g/mol. The number of hydrogen-bond acceptors (Lipinski definition) is 6. The molecule has 0 saturated heterocycles. The molecule has 142 valence electrons. The van der Waals surface area contributed by atoms with Gasteiger partial charge in [0.2, 0.25) is 5.96 Å². The standard InChI is InChI=1S/C13H25N7O2S3/c1-8(6-11(15-3)20-25(14,21)22)24-9(2)10-7-23-13(18-10)19-12(16-4)17-5/h7-9H,6H2,1-5H3,(H,15,20)(H2,14,21,22)(H2,16,17,18,19)/i6D2,7D,8D,9D. The summed E-state index contributed by atoms with van der Waals surface area (Å²) in [6, 6.07) is 0. The maximum Gasteiger partial charge on any atom is 0.297 e. The molecular formula is C13H25N7O2S3. The molecule has 0 aliphatic carbocycles. The number of aromatic amines is 1. The molecule has 2 unspecified atom stereocenters. The smallest absolute Gasteiger partial charge is 0.297 e. The first kappa shape index (κ1) is 14.8. The molecule has 0 fully saturated rings. The molecule has 0 aromatic carbocycles. The Morgan fingerprint density at radius 1 is 1.56 bits per heavy atom. The highest BCUT2D eigenvalue weighted by molar-refractivity contribution is 8.00. The Labute approximate surface area is 163 Å². The highest BCUT2D eigenvalue weighted by Crippen LogP contribution is 2.32. The molecule has 1 aromatic heterocycles. The fourth-order valence-electron chi connectivity index (χ4n) is 1.52. The van der Waals surface area contributed by atoms with E-state index in [1.807, 2.05) is 0 Å². The topological polar surface area (TPSA) is 137 Å². The third-order valence-electron chi connectivity index (χ3n) is 2.54. The summed E-state index contributed by atoms with van der Waals surface area (Å²) in [5.41, 5.74) is 0.103. The van der Waals surface area contributed by atoms with Crippen LogP contribution in [0, 0.1) is 0 Å². The van der Waals surface area contributed by atoms with Gasteiger partial charge >= 0.3 is 0 Å². The van der Waals surface area contributed by atoms with E-state index in [4.69, 9.17) is 12.0 Å². The van der Waals surface area contributed by atoms with Gasteiger partial charge < -0.3 is 10.3 Å². The Morgan fingerprint density at radius 2 is 2.24 bits per heavy atom. The minimum absolute atomic E-state index is 0.0197. The van der Waals surface area contributed by atoms with Crippen molar-refractivity contribution in [3.63, 3.8) is 0 Å². The number of nitrogens with two attached hydrogens (primary N) is 1. The van der Waals surface area contributed by atoms with Crippen LogP contribution in [-0.2, 0) is 10.2 Å². The highest BCUT2D eigenvalue weighted by Gasteiger charge is 2.16. The second-order valence-electron chi connectivity index (χ2n) is 4.48. The van der Waals surface area contributed by atoms with Gasteiger partial charge in [-0.2, -0.15) is 13.4 Å². The van der Waals surface area contributed by atoms with Crippen LogP contribution in [0.2, 0.25) is 0 Å². The Balaban J connectivity index is 3.34. The van der Waals surface area contributed by atoms with Crippen molar-refractivity contribution in [2.75, 3.05) is 21.1 Å². The number of nitrogens with zero attached hydrogens (tertiary/aromatic N) is 3. The molecular weight excluding hydrogens is 382 g/mol. The summed E-state index contributed by atoms with van der Waals surface area (Å²) in [4.78, 5) is 14.8. The zero-order valence-corrected chi connectivity index (χ0v) is 16.9. The zero-order valence-electron chi connectivity index (χ0n) is 19.5. The molecule has 0 bridgehead atoms. The van der Waals surface area contributed by atoms with E-state index >= 15 is 0 Å². The molecule has 0 amide bonds. The van der Waals surface area contributed by atoms with Crippen molar-refractivity contribution in [3.8, 4) is 0 Å². The number of aromatic nitrogens is 1. The van der Waals surface area contributed by atoms with Gasteiger partial charge in [-0.15, -0.1) is 23.1 Å². The molecule has 0 radical (unpaired) electrons. The predicted molar refractivity (Wildman–Crippen MR) is 106 cm³/mol. The van der Waals surface area contributed by atoms with Gasteiger partial charge in [-0.25, -0.2) is 5.14 Å². The Morgan fingerprint density at radius 3 is 2.76 bits per heavy atom. The van der Waals surface area contributed by atoms with Crippen LogP contribution in [-0.4, -0.2) is 51.6 Å². The summed E-state index contributed by atoms with van der Waals surface area (Å²) < 4.78 is 66.3. The lowest BCUT2D eigenvalue weighted by Gasteiger charge is -2.17. The second-order valence-corrected chi connectivity index (χ2v) is 7.99. The van der Waals surface area contributed by atoms with E-state index in [-0.39, 0.29) is 11.1 Å². The molecule has 2 atom stereocenters. The summed E-state index contributed by atoms with van der Waals surface area (Å²) in [5.74, 6) is -0.363. The quantitative estimate of drug-likeness (QED) is 0.401. The largest absolute Gasteiger partial charge is 0.358 e. The Kier molecular flexibility index (Phi) is 5.87. The summed E-state index contributed by atoms with van der Waals surface area (Å²) in [6.45, 7) is 2.58. The second kappa shape index (κ2) is 9.94. The first-order chi connectivity index (χ1) is 13.5. The van der Waals surface area contributed by atoms with E-state index in [1.54, 1.807) is 11.8 Å². The van der Waals surface area contributed by atoms with Gasteiger partial charge in [-0.05, 0) is 6.92 Å². The Hall–Kier alpha value is -1.37. The molecule has 9 nitrogen and oxygen atoms in total. The third kappa shape index (κ3) is 8.03. The number of thiazole rings is 1. The number of rotatable bonds is 6. The van der Waals surface area contributed by atoms with Gasteiger partial charge in [0.15, 0.2) is 4.80 Å². The molecule has 25 heavy (non-hydrogen) atoms. The summed E-state index contributed by atoms with van der Waals surface area (Å²) in [7, 11) is -0.00222. The maximum absolute atomic E-state index is 11.3. The molecule has 0 aliphatic rings. The van der Waals surface area contributed by atoms with Gasteiger partial charge in [0, 0.05) is 54.5 Å². The van der Waals surface area contributed by atoms with Crippen molar-refractivity contribution in [1.82, 2.24) is 15.0 Å². The lowest BCUT2D eigenvalue weighted by atomic mass is 10.3. The van der Waals surface area contributed by atoms with Crippen molar-refractivity contribution in [2.24, 2.45) is 20.1 Å². The molecule has 0 saturated carbocycles. The molecule has 0 aliphatic heterocycles. The molecule has 1 aromatic rings. The normalized spacial score (nSPS) is 22.6. The summed E-state index contributed by atoms with van der Waals surface area (Å²) >= 11 is 1.52.